The zero-order valence-corrected chi connectivity index (χ0v) is 16.0. The van der Waals surface area contributed by atoms with Gasteiger partial charge in [0.05, 0.1) is 21.3 Å². The highest BCUT2D eigenvalue weighted by Crippen LogP contribution is 2.43. The van der Waals surface area contributed by atoms with Gasteiger partial charge in [0.1, 0.15) is 17.5 Å². The second-order valence-corrected chi connectivity index (χ2v) is 5.80. The first-order chi connectivity index (χ1) is 12.6. The minimum Gasteiger partial charge on any atom is -0.493 e. The largest absolute Gasteiger partial charge is 0.493 e. The molecule has 0 unspecified atom stereocenters. The van der Waals surface area contributed by atoms with Gasteiger partial charge in [0.25, 0.3) is 0 Å². The molecule has 1 aromatic carbocycles. The highest BCUT2D eigenvalue weighted by molar-refractivity contribution is 5.82. The van der Waals surface area contributed by atoms with Gasteiger partial charge in [-0.2, -0.15) is 5.26 Å². The molecule has 1 heterocycles. The van der Waals surface area contributed by atoms with Gasteiger partial charge in [0, 0.05) is 11.3 Å². The van der Waals surface area contributed by atoms with Crippen LogP contribution in [-0.2, 0) is 12.8 Å². The summed E-state index contributed by atoms with van der Waals surface area (Å²) < 4.78 is 16.3. The lowest BCUT2D eigenvalue weighted by molar-refractivity contribution is 0.324. The number of methoxy groups -OCH3 is 3. The summed E-state index contributed by atoms with van der Waals surface area (Å²) in [4.78, 5) is 4.48. The van der Waals surface area contributed by atoms with Gasteiger partial charge < -0.3 is 19.9 Å². The molecule has 0 aliphatic carbocycles. The van der Waals surface area contributed by atoms with Gasteiger partial charge in [-0.25, -0.2) is 4.98 Å². The minimum absolute atomic E-state index is 0.247. The molecule has 2 aromatic rings. The number of pyridine rings is 1. The van der Waals surface area contributed by atoms with Crippen LogP contribution in [0.3, 0.4) is 0 Å². The number of nitrogens with zero attached hydrogens (tertiary/aromatic N) is 2. The first-order valence-electron chi connectivity index (χ1n) is 8.57. The Morgan fingerprint density at radius 1 is 1.08 bits per heavy atom. The molecule has 0 amide bonds. The number of anilines is 1. The van der Waals surface area contributed by atoms with Crippen molar-refractivity contribution in [1.82, 2.24) is 4.98 Å². The smallest absolute Gasteiger partial charge is 0.203 e. The quantitative estimate of drug-likeness (QED) is 0.813. The predicted octanol–water partition coefficient (Wildman–Crippen LogP) is 3.74. The Bertz CT molecular complexity index is 816. The number of nitriles is 1. The first-order valence-corrected chi connectivity index (χ1v) is 8.57. The van der Waals surface area contributed by atoms with E-state index in [1.54, 1.807) is 21.3 Å². The number of aryl methyl sites for hydroxylation is 1. The molecule has 0 saturated heterocycles. The minimum atomic E-state index is 0.247. The molecule has 1 aromatic heterocycles. The maximum Gasteiger partial charge on any atom is 0.203 e. The van der Waals surface area contributed by atoms with Crippen molar-refractivity contribution in [3.63, 3.8) is 0 Å². The number of aromatic nitrogens is 1. The van der Waals surface area contributed by atoms with Gasteiger partial charge >= 0.3 is 0 Å². The van der Waals surface area contributed by atoms with Crippen molar-refractivity contribution in [2.75, 3.05) is 27.1 Å². The molecule has 0 atom stereocenters. The van der Waals surface area contributed by atoms with E-state index >= 15 is 0 Å². The van der Waals surface area contributed by atoms with Gasteiger partial charge in [0.2, 0.25) is 5.75 Å². The van der Waals surface area contributed by atoms with Crippen molar-refractivity contribution >= 4 is 5.82 Å². The SMILES string of the molecule is CCCc1nc(N)c(C#N)c(-c2cc(OC)c(OC)c(OC)c2)c1CC. The zero-order valence-electron chi connectivity index (χ0n) is 16.0. The zero-order chi connectivity index (χ0) is 19.3. The molecule has 138 valence electrons. The molecule has 2 N–H and O–H groups in total. The van der Waals surface area contributed by atoms with E-state index in [2.05, 4.69) is 24.9 Å². The van der Waals surface area contributed by atoms with E-state index in [9.17, 15) is 5.26 Å². The van der Waals surface area contributed by atoms with E-state index in [4.69, 9.17) is 19.9 Å². The van der Waals surface area contributed by atoms with E-state index in [1.165, 1.54) is 0 Å². The Balaban J connectivity index is 2.88. The molecule has 0 saturated carbocycles. The van der Waals surface area contributed by atoms with Crippen molar-refractivity contribution in [2.45, 2.75) is 33.1 Å². The monoisotopic (exact) mass is 355 g/mol. The van der Waals surface area contributed by atoms with Crippen LogP contribution in [0, 0.1) is 11.3 Å². The topological polar surface area (TPSA) is 90.4 Å². The van der Waals surface area contributed by atoms with Gasteiger partial charge in [-0.1, -0.05) is 20.3 Å². The lowest BCUT2D eigenvalue weighted by atomic mass is 9.91. The standard InChI is InChI=1S/C20H25N3O3/c1-6-8-15-13(7-2)18(14(11-21)20(22)23-15)12-9-16(24-3)19(26-5)17(10-12)25-4/h9-10H,6-8H2,1-5H3,(H2,22,23). The summed E-state index contributed by atoms with van der Waals surface area (Å²) in [5, 5.41) is 9.70. The van der Waals surface area contributed by atoms with Crippen molar-refractivity contribution in [3.8, 4) is 34.4 Å². The summed E-state index contributed by atoms with van der Waals surface area (Å²) in [7, 11) is 4.69. The van der Waals surface area contributed by atoms with E-state index in [0.29, 0.717) is 22.8 Å². The second-order valence-electron chi connectivity index (χ2n) is 5.80. The van der Waals surface area contributed by atoms with Crippen LogP contribution in [0.5, 0.6) is 17.2 Å². The lowest BCUT2D eigenvalue weighted by Crippen LogP contribution is -2.08. The Morgan fingerprint density at radius 2 is 1.69 bits per heavy atom. The molecule has 0 aliphatic rings. The third-order valence-electron chi connectivity index (χ3n) is 4.32. The summed E-state index contributed by atoms with van der Waals surface area (Å²) in [6.07, 6.45) is 2.49. The summed E-state index contributed by atoms with van der Waals surface area (Å²) in [5.41, 5.74) is 9.99. The summed E-state index contributed by atoms with van der Waals surface area (Å²) >= 11 is 0. The van der Waals surface area contributed by atoms with Crippen molar-refractivity contribution < 1.29 is 14.2 Å². The third kappa shape index (κ3) is 3.38. The molecule has 6 heteroatoms. The van der Waals surface area contributed by atoms with Gasteiger partial charge in [-0.05, 0) is 36.1 Å². The Kier molecular flexibility index (Phi) is 6.29. The normalized spacial score (nSPS) is 10.3. The molecule has 2 rings (SSSR count). The van der Waals surface area contributed by atoms with Crippen LogP contribution < -0.4 is 19.9 Å². The molecule has 0 fully saturated rings. The number of benzene rings is 1. The van der Waals surface area contributed by atoms with Crippen LogP contribution in [0.2, 0.25) is 0 Å². The molecule has 0 spiro atoms. The molecule has 26 heavy (non-hydrogen) atoms. The van der Waals surface area contributed by atoms with E-state index < -0.39 is 0 Å². The number of rotatable bonds is 7. The molecule has 0 radical (unpaired) electrons. The van der Waals surface area contributed by atoms with E-state index in [1.807, 2.05) is 12.1 Å². The average molecular weight is 355 g/mol. The summed E-state index contributed by atoms with van der Waals surface area (Å²) in [5.74, 6) is 1.81. The van der Waals surface area contributed by atoms with E-state index in [0.717, 1.165) is 41.6 Å². The maximum atomic E-state index is 9.70. The summed E-state index contributed by atoms with van der Waals surface area (Å²) in [6.45, 7) is 4.14. The van der Waals surface area contributed by atoms with Crippen LogP contribution >= 0.6 is 0 Å². The second kappa shape index (κ2) is 8.43. The van der Waals surface area contributed by atoms with E-state index in [-0.39, 0.29) is 5.82 Å². The highest BCUT2D eigenvalue weighted by Gasteiger charge is 2.22. The van der Waals surface area contributed by atoms with Gasteiger partial charge in [-0.3, -0.25) is 0 Å². The Morgan fingerprint density at radius 3 is 2.12 bits per heavy atom. The Labute approximate surface area is 154 Å². The third-order valence-corrected chi connectivity index (χ3v) is 4.32. The van der Waals surface area contributed by atoms with Crippen molar-refractivity contribution in [2.24, 2.45) is 0 Å². The van der Waals surface area contributed by atoms with Crippen LogP contribution in [-0.4, -0.2) is 26.3 Å². The number of nitrogens with two attached hydrogens (primary N) is 1. The fraction of sp³-hybridized carbons (Fsp3) is 0.400. The van der Waals surface area contributed by atoms with Gasteiger partial charge in [-0.15, -0.1) is 0 Å². The average Bonchev–Trinajstić information content (AvgIpc) is 2.66. The maximum absolute atomic E-state index is 9.70. The van der Waals surface area contributed by atoms with Crippen LogP contribution in [0.25, 0.3) is 11.1 Å². The van der Waals surface area contributed by atoms with Crippen molar-refractivity contribution in [1.29, 1.82) is 5.26 Å². The molecular weight excluding hydrogens is 330 g/mol. The van der Waals surface area contributed by atoms with Crippen LogP contribution in [0.15, 0.2) is 12.1 Å². The fourth-order valence-corrected chi connectivity index (χ4v) is 3.17. The van der Waals surface area contributed by atoms with Gasteiger partial charge in [0.15, 0.2) is 11.5 Å². The van der Waals surface area contributed by atoms with Crippen LogP contribution in [0.4, 0.5) is 5.82 Å². The Hall–Kier alpha value is -2.94. The fourth-order valence-electron chi connectivity index (χ4n) is 3.17. The van der Waals surface area contributed by atoms with Crippen LogP contribution in [0.1, 0.15) is 37.1 Å². The summed E-state index contributed by atoms with van der Waals surface area (Å²) in [6, 6.07) is 5.89. The first kappa shape index (κ1) is 19.4. The molecule has 0 aliphatic heterocycles. The predicted molar refractivity (Wildman–Crippen MR) is 102 cm³/mol. The molecule has 0 bridgehead atoms. The molecular formula is C20H25N3O3. The molecule has 6 nitrogen and oxygen atoms in total. The lowest BCUT2D eigenvalue weighted by Gasteiger charge is -2.19. The van der Waals surface area contributed by atoms with Crippen molar-refractivity contribution in [3.05, 3.63) is 29.0 Å². The number of nitrogen functional groups attached to an aromatic ring is 1. The number of hydrogen-bond acceptors (Lipinski definition) is 6. The number of hydrogen-bond donors (Lipinski definition) is 1. The highest BCUT2D eigenvalue weighted by atomic mass is 16.5. The number of ether oxygens (including phenoxy) is 3.